The molecular formula is C23H30N4O2S. The van der Waals surface area contributed by atoms with E-state index in [1.54, 1.807) is 6.26 Å². The summed E-state index contributed by atoms with van der Waals surface area (Å²) in [6, 6.07) is 12.4. The second-order valence-electron chi connectivity index (χ2n) is 8.46. The number of rotatable bonds is 8. The molecule has 160 valence electrons. The Kier molecular flexibility index (Phi) is 7.02. The zero-order chi connectivity index (χ0) is 21.7. The van der Waals surface area contributed by atoms with Crippen molar-refractivity contribution in [3.63, 3.8) is 0 Å². The average Bonchev–Trinajstić information content (AvgIpc) is 3.36. The van der Waals surface area contributed by atoms with Gasteiger partial charge in [0.05, 0.1) is 18.6 Å². The van der Waals surface area contributed by atoms with Crippen molar-refractivity contribution in [2.24, 2.45) is 0 Å². The Morgan fingerprint density at radius 1 is 1.20 bits per heavy atom. The van der Waals surface area contributed by atoms with Crippen molar-refractivity contribution in [2.45, 2.75) is 64.2 Å². The van der Waals surface area contributed by atoms with Crippen LogP contribution in [0, 0.1) is 0 Å². The third kappa shape index (κ3) is 5.53. The molecule has 0 saturated carbocycles. The first-order valence-electron chi connectivity index (χ1n) is 10.3. The van der Waals surface area contributed by atoms with E-state index in [1.807, 2.05) is 23.6 Å². The number of hydrogen-bond donors (Lipinski definition) is 1. The molecule has 3 rings (SSSR count). The molecule has 0 radical (unpaired) electrons. The maximum absolute atomic E-state index is 12.2. The van der Waals surface area contributed by atoms with Gasteiger partial charge < -0.3 is 9.73 Å². The highest BCUT2D eigenvalue weighted by Crippen LogP contribution is 2.28. The van der Waals surface area contributed by atoms with Crippen LogP contribution in [0.1, 0.15) is 52.4 Å². The summed E-state index contributed by atoms with van der Waals surface area (Å²) in [5.41, 5.74) is 2.34. The molecular weight excluding hydrogens is 396 g/mol. The van der Waals surface area contributed by atoms with Crippen LogP contribution in [-0.4, -0.2) is 32.5 Å². The van der Waals surface area contributed by atoms with E-state index in [1.165, 1.54) is 17.3 Å². The van der Waals surface area contributed by atoms with Gasteiger partial charge in [-0.25, -0.2) is 0 Å². The third-order valence-corrected chi connectivity index (χ3v) is 5.94. The largest absolute Gasteiger partial charge is 0.467 e. The van der Waals surface area contributed by atoms with E-state index in [4.69, 9.17) is 4.42 Å². The number of hydrogen-bond acceptors (Lipinski definition) is 5. The van der Waals surface area contributed by atoms with Crippen molar-refractivity contribution in [1.29, 1.82) is 0 Å². The van der Waals surface area contributed by atoms with Crippen LogP contribution >= 0.6 is 11.8 Å². The Hall–Kier alpha value is -2.54. The zero-order valence-electron chi connectivity index (χ0n) is 18.3. The van der Waals surface area contributed by atoms with Gasteiger partial charge in [-0.1, -0.05) is 63.7 Å². The summed E-state index contributed by atoms with van der Waals surface area (Å²) >= 11 is 1.39. The fourth-order valence-corrected chi connectivity index (χ4v) is 3.73. The standard InChI is InChI=1S/C23H30N4O2S/c1-6-16(2)24-20(28)15-30-22-26-25-21(27(22)14-19-8-7-13-29-19)17-9-11-18(12-10-17)23(3,4)5/h7-13,16H,6,14-15H2,1-5H3,(H,24,28)/t16-/m1/s1. The number of thioether (sulfide) groups is 1. The minimum atomic E-state index is -0.00187. The minimum Gasteiger partial charge on any atom is -0.467 e. The molecule has 1 N–H and O–H groups in total. The molecule has 0 bridgehead atoms. The average molecular weight is 427 g/mol. The Morgan fingerprint density at radius 2 is 1.93 bits per heavy atom. The number of nitrogens with one attached hydrogen (secondary N) is 1. The molecule has 2 aromatic heterocycles. The van der Waals surface area contributed by atoms with Crippen LogP contribution < -0.4 is 5.32 Å². The fourth-order valence-electron chi connectivity index (χ4n) is 2.98. The summed E-state index contributed by atoms with van der Waals surface area (Å²) in [5, 5.41) is 12.5. The molecule has 0 spiro atoms. The highest BCUT2D eigenvalue weighted by molar-refractivity contribution is 7.99. The van der Waals surface area contributed by atoms with Gasteiger partial charge in [-0.2, -0.15) is 0 Å². The molecule has 1 atom stereocenters. The lowest BCUT2D eigenvalue weighted by Crippen LogP contribution is -2.33. The number of amides is 1. The van der Waals surface area contributed by atoms with Crippen molar-refractivity contribution < 1.29 is 9.21 Å². The Bertz CT molecular complexity index is 956. The molecule has 0 aliphatic rings. The van der Waals surface area contributed by atoms with Crippen LogP contribution in [0.5, 0.6) is 0 Å². The topological polar surface area (TPSA) is 73.0 Å². The van der Waals surface area contributed by atoms with E-state index >= 15 is 0 Å². The number of furan rings is 1. The number of carbonyl (C=O) groups is 1. The quantitative estimate of drug-likeness (QED) is 0.519. The minimum absolute atomic E-state index is 0.00187. The number of carbonyl (C=O) groups excluding carboxylic acids is 1. The lowest BCUT2D eigenvalue weighted by molar-refractivity contribution is -0.119. The number of benzene rings is 1. The highest BCUT2D eigenvalue weighted by atomic mass is 32.2. The van der Waals surface area contributed by atoms with Gasteiger partial charge in [-0.15, -0.1) is 10.2 Å². The molecule has 0 aliphatic heterocycles. The van der Waals surface area contributed by atoms with Gasteiger partial charge >= 0.3 is 0 Å². The van der Waals surface area contributed by atoms with E-state index in [9.17, 15) is 4.79 Å². The fraction of sp³-hybridized carbons (Fsp3) is 0.435. The lowest BCUT2D eigenvalue weighted by atomic mass is 9.87. The third-order valence-electron chi connectivity index (χ3n) is 4.97. The van der Waals surface area contributed by atoms with Crippen LogP contribution in [0.4, 0.5) is 0 Å². The SMILES string of the molecule is CC[C@@H](C)NC(=O)CSc1nnc(-c2ccc(C(C)(C)C)cc2)n1Cc1ccco1. The van der Waals surface area contributed by atoms with Gasteiger partial charge in [0.1, 0.15) is 5.76 Å². The Labute approximate surface area is 182 Å². The second kappa shape index (κ2) is 9.51. The monoisotopic (exact) mass is 426 g/mol. The molecule has 0 aliphatic carbocycles. The van der Waals surface area contributed by atoms with Crippen molar-refractivity contribution >= 4 is 17.7 Å². The summed E-state index contributed by atoms with van der Waals surface area (Å²) in [6.07, 6.45) is 2.56. The first-order chi connectivity index (χ1) is 14.3. The first kappa shape index (κ1) is 22.2. The normalized spacial score (nSPS) is 12.7. The maximum atomic E-state index is 12.2. The van der Waals surface area contributed by atoms with E-state index < -0.39 is 0 Å². The predicted molar refractivity (Wildman–Crippen MR) is 121 cm³/mol. The van der Waals surface area contributed by atoms with Crippen LogP contribution in [0.2, 0.25) is 0 Å². The lowest BCUT2D eigenvalue weighted by Gasteiger charge is -2.19. The van der Waals surface area contributed by atoms with Crippen molar-refractivity contribution in [1.82, 2.24) is 20.1 Å². The zero-order valence-corrected chi connectivity index (χ0v) is 19.1. The van der Waals surface area contributed by atoms with Crippen LogP contribution in [0.15, 0.2) is 52.2 Å². The van der Waals surface area contributed by atoms with Crippen molar-refractivity contribution in [3.8, 4) is 11.4 Å². The van der Waals surface area contributed by atoms with Gasteiger partial charge in [0.25, 0.3) is 0 Å². The number of nitrogens with zero attached hydrogens (tertiary/aromatic N) is 3. The van der Waals surface area contributed by atoms with Crippen LogP contribution in [-0.2, 0) is 16.8 Å². The molecule has 3 aromatic rings. The van der Waals surface area contributed by atoms with E-state index in [0.29, 0.717) is 17.5 Å². The molecule has 1 amide bonds. The van der Waals surface area contributed by atoms with Gasteiger partial charge in [0.15, 0.2) is 11.0 Å². The van der Waals surface area contributed by atoms with Crippen molar-refractivity contribution in [3.05, 3.63) is 54.0 Å². The first-order valence-corrected chi connectivity index (χ1v) is 11.2. The maximum Gasteiger partial charge on any atom is 0.230 e. The van der Waals surface area contributed by atoms with E-state index in [-0.39, 0.29) is 17.4 Å². The second-order valence-corrected chi connectivity index (χ2v) is 9.41. The summed E-state index contributed by atoms with van der Waals surface area (Å²) in [7, 11) is 0. The summed E-state index contributed by atoms with van der Waals surface area (Å²) in [5.74, 6) is 1.87. The van der Waals surface area contributed by atoms with Crippen LogP contribution in [0.25, 0.3) is 11.4 Å². The summed E-state index contributed by atoms with van der Waals surface area (Å²) < 4.78 is 7.55. The predicted octanol–water partition coefficient (Wildman–Crippen LogP) is 4.89. The molecule has 30 heavy (non-hydrogen) atoms. The molecule has 0 saturated heterocycles. The molecule has 0 fully saturated rings. The Morgan fingerprint density at radius 3 is 2.53 bits per heavy atom. The highest BCUT2D eigenvalue weighted by Gasteiger charge is 2.19. The van der Waals surface area contributed by atoms with Gasteiger partial charge in [-0.05, 0) is 36.5 Å². The number of aromatic nitrogens is 3. The summed E-state index contributed by atoms with van der Waals surface area (Å²) in [6.45, 7) is 11.1. The summed E-state index contributed by atoms with van der Waals surface area (Å²) in [4.78, 5) is 12.2. The smallest absolute Gasteiger partial charge is 0.230 e. The molecule has 1 aromatic carbocycles. The molecule has 2 heterocycles. The van der Waals surface area contributed by atoms with Gasteiger partial charge in [-0.3, -0.25) is 9.36 Å². The molecule has 0 unspecified atom stereocenters. The Balaban J connectivity index is 1.85. The molecule has 6 nitrogen and oxygen atoms in total. The van der Waals surface area contributed by atoms with Gasteiger partial charge in [0, 0.05) is 11.6 Å². The van der Waals surface area contributed by atoms with Crippen molar-refractivity contribution in [2.75, 3.05) is 5.75 Å². The van der Waals surface area contributed by atoms with E-state index in [0.717, 1.165) is 23.6 Å². The van der Waals surface area contributed by atoms with E-state index in [2.05, 4.69) is 67.5 Å². The molecule has 7 heteroatoms. The van der Waals surface area contributed by atoms with Crippen LogP contribution in [0.3, 0.4) is 0 Å². The van der Waals surface area contributed by atoms with Gasteiger partial charge in [0.2, 0.25) is 5.91 Å².